The summed E-state index contributed by atoms with van der Waals surface area (Å²) < 4.78 is 0. The van der Waals surface area contributed by atoms with Crippen molar-refractivity contribution in [1.82, 2.24) is 0 Å². The highest BCUT2D eigenvalue weighted by molar-refractivity contribution is 6.23. The highest BCUT2D eigenvalue weighted by Gasteiger charge is 2.39. The summed E-state index contributed by atoms with van der Waals surface area (Å²) in [5.41, 5.74) is 1.27. The maximum Gasteiger partial charge on any atom is 0.256 e. The van der Waals surface area contributed by atoms with Gasteiger partial charge in [-0.15, -0.1) is 0 Å². The van der Waals surface area contributed by atoms with Crippen LogP contribution in [-0.2, 0) is 9.59 Å². The third kappa shape index (κ3) is 2.58. The smallest absolute Gasteiger partial charge is 0.256 e. The predicted octanol–water partition coefficient (Wildman–Crippen LogP) is 2.14. The van der Waals surface area contributed by atoms with Gasteiger partial charge in [-0.3, -0.25) is 9.59 Å². The van der Waals surface area contributed by atoms with Gasteiger partial charge in [-0.05, 0) is 36.4 Å². The molecule has 1 atom stereocenters. The lowest BCUT2D eigenvalue weighted by Crippen LogP contribution is -2.34. The molecule has 0 aliphatic carbocycles. The number of hydrogen-bond acceptors (Lipinski definition) is 4. The fourth-order valence-electron chi connectivity index (χ4n) is 2.35. The van der Waals surface area contributed by atoms with Crippen LogP contribution in [-0.4, -0.2) is 23.0 Å². The molecule has 1 aliphatic heterocycles. The maximum atomic E-state index is 12.4. The fraction of sp³-hybridized carbons (Fsp3) is 0.125. The Labute approximate surface area is 121 Å². The summed E-state index contributed by atoms with van der Waals surface area (Å²) in [4.78, 5) is 25.6. The van der Waals surface area contributed by atoms with E-state index < -0.39 is 6.04 Å². The maximum absolute atomic E-state index is 12.4. The van der Waals surface area contributed by atoms with Crippen molar-refractivity contribution in [3.8, 4) is 5.75 Å². The molecule has 2 aromatic carbocycles. The normalized spacial score (nSPS) is 18.1. The molecule has 0 saturated carbocycles. The predicted molar refractivity (Wildman–Crippen MR) is 79.1 cm³/mol. The summed E-state index contributed by atoms with van der Waals surface area (Å²) in [6.07, 6.45) is 0.120. The zero-order valence-corrected chi connectivity index (χ0v) is 11.2. The third-order valence-electron chi connectivity index (χ3n) is 3.37. The van der Waals surface area contributed by atoms with Gasteiger partial charge in [0.05, 0.1) is 12.1 Å². The molecule has 3 rings (SSSR count). The summed E-state index contributed by atoms with van der Waals surface area (Å²) in [7, 11) is 0. The van der Waals surface area contributed by atoms with Gasteiger partial charge >= 0.3 is 0 Å². The Morgan fingerprint density at radius 3 is 2.33 bits per heavy atom. The highest BCUT2D eigenvalue weighted by Crippen LogP contribution is 2.26. The minimum atomic E-state index is -0.561. The third-order valence-corrected chi connectivity index (χ3v) is 3.37. The summed E-state index contributed by atoms with van der Waals surface area (Å²) in [5.74, 6) is -0.439. The SMILES string of the molecule is O=C1CC(Nc2ccccc2)C(=O)N1c1ccc(O)cc1. The van der Waals surface area contributed by atoms with Crippen LogP contribution in [0.1, 0.15) is 6.42 Å². The lowest BCUT2D eigenvalue weighted by Gasteiger charge is -2.16. The topological polar surface area (TPSA) is 69.6 Å². The van der Waals surface area contributed by atoms with Crippen molar-refractivity contribution in [2.75, 3.05) is 10.2 Å². The van der Waals surface area contributed by atoms with E-state index in [-0.39, 0.29) is 24.0 Å². The number of hydrogen-bond donors (Lipinski definition) is 2. The fourth-order valence-corrected chi connectivity index (χ4v) is 2.35. The van der Waals surface area contributed by atoms with Gasteiger partial charge in [-0.1, -0.05) is 18.2 Å². The van der Waals surface area contributed by atoms with Crippen LogP contribution < -0.4 is 10.2 Å². The molecule has 106 valence electrons. The van der Waals surface area contributed by atoms with Gasteiger partial charge in [0.25, 0.3) is 5.91 Å². The van der Waals surface area contributed by atoms with Gasteiger partial charge in [-0.25, -0.2) is 4.90 Å². The number of benzene rings is 2. The van der Waals surface area contributed by atoms with Crippen LogP contribution in [0.2, 0.25) is 0 Å². The molecule has 21 heavy (non-hydrogen) atoms. The number of rotatable bonds is 3. The summed E-state index contributed by atoms with van der Waals surface area (Å²) >= 11 is 0. The molecule has 1 saturated heterocycles. The number of phenolic OH excluding ortho intramolecular Hbond substituents is 1. The number of anilines is 2. The van der Waals surface area contributed by atoms with Crippen LogP contribution in [0.5, 0.6) is 5.75 Å². The molecule has 5 heteroatoms. The number of phenols is 1. The minimum Gasteiger partial charge on any atom is -0.508 e. The number of nitrogens with one attached hydrogen (secondary N) is 1. The van der Waals surface area contributed by atoms with E-state index in [9.17, 15) is 14.7 Å². The Hall–Kier alpha value is -2.82. The first-order chi connectivity index (χ1) is 10.1. The zero-order chi connectivity index (χ0) is 14.8. The number of nitrogens with zero attached hydrogens (tertiary/aromatic N) is 1. The molecule has 2 N–H and O–H groups in total. The number of carbonyl (C=O) groups is 2. The molecule has 2 amide bonds. The van der Waals surface area contributed by atoms with Gasteiger partial charge in [0.1, 0.15) is 11.8 Å². The molecule has 5 nitrogen and oxygen atoms in total. The second kappa shape index (κ2) is 5.28. The highest BCUT2D eigenvalue weighted by atomic mass is 16.3. The first kappa shape index (κ1) is 13.2. The number of imide groups is 1. The second-order valence-corrected chi connectivity index (χ2v) is 4.85. The largest absolute Gasteiger partial charge is 0.508 e. The van der Waals surface area contributed by atoms with Gasteiger partial charge < -0.3 is 10.4 Å². The van der Waals surface area contributed by atoms with E-state index in [1.165, 1.54) is 12.1 Å². The molecule has 1 aliphatic rings. The minimum absolute atomic E-state index is 0.0943. The number of amides is 2. The van der Waals surface area contributed by atoms with Crippen LogP contribution >= 0.6 is 0 Å². The van der Waals surface area contributed by atoms with Gasteiger partial charge in [0, 0.05) is 5.69 Å². The molecule has 2 aromatic rings. The van der Waals surface area contributed by atoms with Crippen molar-refractivity contribution >= 4 is 23.2 Å². The van der Waals surface area contributed by atoms with Crippen molar-refractivity contribution in [2.45, 2.75) is 12.5 Å². The zero-order valence-electron chi connectivity index (χ0n) is 11.2. The van der Waals surface area contributed by atoms with E-state index in [4.69, 9.17) is 0 Å². The van der Waals surface area contributed by atoms with E-state index >= 15 is 0 Å². The summed E-state index contributed by atoms with van der Waals surface area (Å²) in [6.45, 7) is 0. The van der Waals surface area contributed by atoms with Gasteiger partial charge in [-0.2, -0.15) is 0 Å². The van der Waals surface area contributed by atoms with E-state index in [1.54, 1.807) is 12.1 Å². The summed E-state index contributed by atoms with van der Waals surface area (Å²) in [6, 6.07) is 14.8. The number of aromatic hydroxyl groups is 1. The van der Waals surface area contributed by atoms with Crippen LogP contribution in [0, 0.1) is 0 Å². The van der Waals surface area contributed by atoms with Crippen molar-refractivity contribution in [3.63, 3.8) is 0 Å². The molecule has 0 bridgehead atoms. The van der Waals surface area contributed by atoms with E-state index in [2.05, 4.69) is 5.32 Å². The second-order valence-electron chi connectivity index (χ2n) is 4.85. The first-order valence-corrected chi connectivity index (χ1v) is 6.62. The Bertz CT molecular complexity index is 668. The average Bonchev–Trinajstić information content (AvgIpc) is 2.76. The van der Waals surface area contributed by atoms with Crippen molar-refractivity contribution in [1.29, 1.82) is 0 Å². The van der Waals surface area contributed by atoms with Crippen molar-refractivity contribution in [3.05, 3.63) is 54.6 Å². The van der Waals surface area contributed by atoms with E-state index in [1.807, 2.05) is 30.3 Å². The number of carbonyl (C=O) groups excluding carboxylic acids is 2. The molecule has 0 radical (unpaired) electrons. The molecule has 1 unspecified atom stereocenters. The van der Waals surface area contributed by atoms with Gasteiger partial charge in [0.2, 0.25) is 5.91 Å². The summed E-state index contributed by atoms with van der Waals surface area (Å²) in [5, 5.41) is 12.3. The Kier molecular flexibility index (Phi) is 3.31. The van der Waals surface area contributed by atoms with E-state index in [0.717, 1.165) is 10.6 Å². The van der Waals surface area contributed by atoms with Gasteiger partial charge in [0.15, 0.2) is 0 Å². The molecular weight excluding hydrogens is 268 g/mol. The lowest BCUT2D eigenvalue weighted by molar-refractivity contribution is -0.121. The lowest BCUT2D eigenvalue weighted by atomic mass is 10.2. The van der Waals surface area contributed by atoms with Crippen LogP contribution in [0.4, 0.5) is 11.4 Å². The average molecular weight is 282 g/mol. The molecule has 0 aromatic heterocycles. The first-order valence-electron chi connectivity index (χ1n) is 6.62. The Morgan fingerprint density at radius 1 is 1.00 bits per heavy atom. The standard InChI is InChI=1S/C16H14N2O3/c19-13-8-6-12(7-9-13)18-15(20)10-14(16(18)21)17-11-4-2-1-3-5-11/h1-9,14,17,19H,10H2. The molecule has 1 heterocycles. The Morgan fingerprint density at radius 2 is 1.67 bits per heavy atom. The monoisotopic (exact) mass is 282 g/mol. The van der Waals surface area contributed by atoms with Crippen molar-refractivity contribution < 1.29 is 14.7 Å². The van der Waals surface area contributed by atoms with Crippen LogP contribution in [0.25, 0.3) is 0 Å². The molecule has 0 spiro atoms. The molecule has 1 fully saturated rings. The van der Waals surface area contributed by atoms with Crippen LogP contribution in [0.3, 0.4) is 0 Å². The van der Waals surface area contributed by atoms with Crippen LogP contribution in [0.15, 0.2) is 54.6 Å². The Balaban J connectivity index is 1.80. The van der Waals surface area contributed by atoms with E-state index in [0.29, 0.717) is 5.69 Å². The quantitative estimate of drug-likeness (QED) is 0.846. The number of para-hydroxylation sites is 1. The van der Waals surface area contributed by atoms with Crippen molar-refractivity contribution in [2.24, 2.45) is 0 Å². The molecular formula is C16H14N2O3.